The number of ether oxygens (including phenoxy) is 1. The summed E-state index contributed by atoms with van der Waals surface area (Å²) >= 11 is 0. The van der Waals surface area contributed by atoms with E-state index >= 15 is 0 Å². The van der Waals surface area contributed by atoms with Crippen LogP contribution in [0.5, 0.6) is 5.75 Å². The van der Waals surface area contributed by atoms with E-state index in [1.807, 2.05) is 38.4 Å². The lowest BCUT2D eigenvalue weighted by atomic mass is 10.2. The van der Waals surface area contributed by atoms with Crippen molar-refractivity contribution in [2.45, 2.75) is 13.0 Å². The minimum absolute atomic E-state index is 0.141. The van der Waals surface area contributed by atoms with Crippen molar-refractivity contribution in [2.24, 2.45) is 0 Å². The van der Waals surface area contributed by atoms with Gasteiger partial charge in [-0.25, -0.2) is 0 Å². The molecule has 1 rings (SSSR count). The second-order valence-electron chi connectivity index (χ2n) is 3.95. The molecule has 0 heterocycles. The molecule has 0 radical (unpaired) electrons. The van der Waals surface area contributed by atoms with Crippen LogP contribution < -0.4 is 10.1 Å². The van der Waals surface area contributed by atoms with Crippen molar-refractivity contribution in [1.82, 2.24) is 10.2 Å². The van der Waals surface area contributed by atoms with Gasteiger partial charge in [-0.3, -0.25) is 4.79 Å². The molecular weight excluding hydrogens is 216 g/mol. The van der Waals surface area contributed by atoms with Gasteiger partial charge in [-0.05, 0) is 24.7 Å². The van der Waals surface area contributed by atoms with Gasteiger partial charge in [-0.15, -0.1) is 0 Å². The molecule has 1 N–H and O–H groups in total. The fraction of sp³-hybridized carbons (Fsp3) is 0.462. The van der Waals surface area contributed by atoms with Crippen LogP contribution in [0.3, 0.4) is 0 Å². The Hall–Kier alpha value is -1.55. The van der Waals surface area contributed by atoms with Crippen molar-refractivity contribution in [3.8, 4) is 5.75 Å². The van der Waals surface area contributed by atoms with Gasteiger partial charge in [0.05, 0.1) is 7.11 Å². The molecule has 0 aliphatic rings. The van der Waals surface area contributed by atoms with E-state index in [9.17, 15) is 4.79 Å². The molecule has 0 aliphatic heterocycles. The molecule has 94 valence electrons. The molecule has 1 aromatic carbocycles. The molecule has 17 heavy (non-hydrogen) atoms. The smallest absolute Gasteiger partial charge is 0.223 e. The van der Waals surface area contributed by atoms with E-state index in [0.717, 1.165) is 11.3 Å². The van der Waals surface area contributed by atoms with Gasteiger partial charge in [-0.2, -0.15) is 0 Å². The van der Waals surface area contributed by atoms with Crippen molar-refractivity contribution >= 4 is 5.91 Å². The first-order valence-electron chi connectivity index (χ1n) is 5.69. The van der Waals surface area contributed by atoms with E-state index in [1.165, 1.54) is 0 Å². The lowest BCUT2D eigenvalue weighted by molar-refractivity contribution is -0.130. The average molecular weight is 236 g/mol. The van der Waals surface area contributed by atoms with Gasteiger partial charge in [-0.1, -0.05) is 12.1 Å². The molecular formula is C13H20N2O2. The zero-order valence-corrected chi connectivity index (χ0v) is 10.7. The van der Waals surface area contributed by atoms with Crippen molar-refractivity contribution in [3.63, 3.8) is 0 Å². The number of amides is 1. The maximum absolute atomic E-state index is 11.7. The SMILES string of the molecule is CNCCC(=O)N(C)Cc1cccc(OC)c1. The fourth-order valence-electron chi connectivity index (χ4n) is 1.56. The Balaban J connectivity index is 2.54. The van der Waals surface area contributed by atoms with E-state index < -0.39 is 0 Å². The number of carbonyl (C=O) groups excluding carboxylic acids is 1. The van der Waals surface area contributed by atoms with Crippen LogP contribution in [0.1, 0.15) is 12.0 Å². The van der Waals surface area contributed by atoms with E-state index in [0.29, 0.717) is 19.5 Å². The molecule has 4 nitrogen and oxygen atoms in total. The monoisotopic (exact) mass is 236 g/mol. The summed E-state index contributed by atoms with van der Waals surface area (Å²) in [5, 5.41) is 2.97. The van der Waals surface area contributed by atoms with Crippen LogP contribution in [0.4, 0.5) is 0 Å². The summed E-state index contributed by atoms with van der Waals surface area (Å²) in [6.07, 6.45) is 0.525. The standard InChI is InChI=1S/C13H20N2O2/c1-14-8-7-13(16)15(2)10-11-5-4-6-12(9-11)17-3/h4-6,9,14H,7-8,10H2,1-3H3. The fourth-order valence-corrected chi connectivity index (χ4v) is 1.56. The third kappa shape index (κ3) is 4.44. The Labute approximate surface area is 103 Å². The number of rotatable bonds is 6. The molecule has 0 atom stereocenters. The van der Waals surface area contributed by atoms with Gasteiger partial charge in [0.25, 0.3) is 0 Å². The highest BCUT2D eigenvalue weighted by Gasteiger charge is 2.08. The van der Waals surface area contributed by atoms with Crippen LogP contribution in [0.2, 0.25) is 0 Å². The van der Waals surface area contributed by atoms with Crippen LogP contribution >= 0.6 is 0 Å². The summed E-state index contributed by atoms with van der Waals surface area (Å²) in [5.41, 5.74) is 1.07. The van der Waals surface area contributed by atoms with Gasteiger partial charge in [0, 0.05) is 26.6 Å². The second-order valence-corrected chi connectivity index (χ2v) is 3.95. The molecule has 0 spiro atoms. The summed E-state index contributed by atoms with van der Waals surface area (Å²) in [6, 6.07) is 7.76. The Morgan fingerprint density at radius 1 is 1.47 bits per heavy atom. The number of carbonyl (C=O) groups is 1. The number of methoxy groups -OCH3 is 1. The zero-order valence-electron chi connectivity index (χ0n) is 10.7. The summed E-state index contributed by atoms with van der Waals surface area (Å²) in [5.74, 6) is 0.959. The Bertz CT molecular complexity index is 366. The molecule has 0 bridgehead atoms. The van der Waals surface area contributed by atoms with Crippen LogP contribution in [-0.2, 0) is 11.3 Å². The zero-order chi connectivity index (χ0) is 12.7. The Morgan fingerprint density at radius 2 is 2.24 bits per heavy atom. The molecule has 1 amide bonds. The lowest BCUT2D eigenvalue weighted by Gasteiger charge is -2.17. The lowest BCUT2D eigenvalue weighted by Crippen LogP contribution is -2.28. The van der Waals surface area contributed by atoms with Crippen LogP contribution in [0.15, 0.2) is 24.3 Å². The van der Waals surface area contributed by atoms with E-state index in [-0.39, 0.29) is 5.91 Å². The summed E-state index contributed by atoms with van der Waals surface area (Å²) in [7, 11) is 5.30. The Morgan fingerprint density at radius 3 is 2.88 bits per heavy atom. The normalized spacial score (nSPS) is 10.1. The molecule has 4 heteroatoms. The first-order chi connectivity index (χ1) is 8.17. The molecule has 0 saturated heterocycles. The number of hydrogen-bond acceptors (Lipinski definition) is 3. The third-order valence-electron chi connectivity index (χ3n) is 2.57. The van der Waals surface area contributed by atoms with Crippen LogP contribution in [0, 0.1) is 0 Å². The predicted octanol–water partition coefficient (Wildman–Crippen LogP) is 1.26. The van der Waals surface area contributed by atoms with Crippen LogP contribution in [-0.4, -0.2) is 38.6 Å². The maximum atomic E-state index is 11.7. The number of hydrogen-bond donors (Lipinski definition) is 1. The number of benzene rings is 1. The van der Waals surface area contributed by atoms with Gasteiger partial charge < -0.3 is 15.0 Å². The highest BCUT2D eigenvalue weighted by atomic mass is 16.5. The first kappa shape index (κ1) is 13.5. The average Bonchev–Trinajstić information content (AvgIpc) is 2.36. The van der Waals surface area contributed by atoms with E-state index in [1.54, 1.807) is 12.0 Å². The number of nitrogens with one attached hydrogen (secondary N) is 1. The van der Waals surface area contributed by atoms with Crippen molar-refractivity contribution in [2.75, 3.05) is 27.7 Å². The predicted molar refractivity (Wildman–Crippen MR) is 68.0 cm³/mol. The van der Waals surface area contributed by atoms with Gasteiger partial charge in [0.2, 0.25) is 5.91 Å². The summed E-state index contributed by atoms with van der Waals surface area (Å²) < 4.78 is 5.15. The Kier molecular flexibility index (Phi) is 5.49. The highest BCUT2D eigenvalue weighted by molar-refractivity contribution is 5.76. The van der Waals surface area contributed by atoms with Crippen molar-refractivity contribution in [1.29, 1.82) is 0 Å². The van der Waals surface area contributed by atoms with Crippen LogP contribution in [0.25, 0.3) is 0 Å². The summed E-state index contributed by atoms with van der Waals surface area (Å²) in [6.45, 7) is 1.32. The molecule has 0 fully saturated rings. The molecule has 0 aliphatic carbocycles. The molecule has 1 aromatic rings. The first-order valence-corrected chi connectivity index (χ1v) is 5.69. The topological polar surface area (TPSA) is 41.6 Å². The molecule has 0 aromatic heterocycles. The highest BCUT2D eigenvalue weighted by Crippen LogP contribution is 2.14. The van der Waals surface area contributed by atoms with Gasteiger partial charge in [0.15, 0.2) is 0 Å². The minimum atomic E-state index is 0.141. The van der Waals surface area contributed by atoms with Crippen molar-refractivity contribution < 1.29 is 9.53 Å². The number of nitrogens with zero attached hydrogens (tertiary/aromatic N) is 1. The largest absolute Gasteiger partial charge is 0.497 e. The quantitative estimate of drug-likeness (QED) is 0.808. The van der Waals surface area contributed by atoms with Gasteiger partial charge >= 0.3 is 0 Å². The van der Waals surface area contributed by atoms with Gasteiger partial charge in [0.1, 0.15) is 5.75 Å². The summed E-state index contributed by atoms with van der Waals surface area (Å²) in [4.78, 5) is 13.4. The molecule has 0 unspecified atom stereocenters. The maximum Gasteiger partial charge on any atom is 0.223 e. The van der Waals surface area contributed by atoms with E-state index in [4.69, 9.17) is 4.74 Å². The minimum Gasteiger partial charge on any atom is -0.497 e. The van der Waals surface area contributed by atoms with E-state index in [2.05, 4.69) is 5.32 Å². The molecule has 0 saturated carbocycles. The third-order valence-corrected chi connectivity index (χ3v) is 2.57. The van der Waals surface area contributed by atoms with Crippen molar-refractivity contribution in [3.05, 3.63) is 29.8 Å². The second kappa shape index (κ2) is 6.91.